The maximum atomic E-state index is 14.9. The Morgan fingerprint density at radius 3 is 1.46 bits per heavy atom. The molecule has 0 spiro atoms. The average Bonchev–Trinajstić information content (AvgIpc) is 3.06. The Labute approximate surface area is 344 Å². The lowest BCUT2D eigenvalue weighted by atomic mass is 9.88. The van der Waals surface area contributed by atoms with Gasteiger partial charge in [-0.25, -0.2) is 4.79 Å². The summed E-state index contributed by atoms with van der Waals surface area (Å²) in [5.74, 6) is -61.8. The van der Waals surface area contributed by atoms with E-state index in [1.165, 1.54) is 0 Å². The predicted molar refractivity (Wildman–Crippen MR) is 176 cm³/mol. The SMILES string of the molecule is CC(=O)OC[C@H]1O[C@@H](O[Si](C)(C)C(C)(C)C(C)C)[C@H](NC(=O)OCC(Br)C(F)(F)C(F)(F)C(F)(F)C(F)(F)C(F)(F)C(F)(F)C(F)(F)C(F)(F)F)[C@@H](OC(C)=O)[C@@H]1OC(C)=O. The summed E-state index contributed by atoms with van der Waals surface area (Å²) in [6, 6.07) is -2.03. The van der Waals surface area contributed by atoms with Crippen molar-refractivity contribution in [3.05, 3.63) is 0 Å². The molecule has 6 atom stereocenters. The third kappa shape index (κ3) is 10.6. The number of ether oxygens (including phenoxy) is 5. The first-order chi connectivity index (χ1) is 26.8. The standard InChI is InChI=1S/C31H39BrF17NO10Si/c1-12(2)23(6,7)61(8,9)60-21-18(20(58-15(5)53)19(57-14(4)52)16(59-21)10-55-13(3)51)50-22(54)56-11-17(32)24(33,34)25(35,36)26(37,38)27(39,40)28(41,42)29(43,44)30(45,46)31(47,48)49/h12,16-21H,10-11H2,1-9H3,(H,50,54)/t16-,17?,18-,19-,20-,21+/m1/s1. The normalized spacial score (nSPS) is 22.3. The van der Waals surface area contributed by atoms with E-state index in [1.807, 2.05) is 5.32 Å². The number of hydrogen-bond acceptors (Lipinski definition) is 10. The minimum absolute atomic E-state index is 0.171. The van der Waals surface area contributed by atoms with Gasteiger partial charge in [0.25, 0.3) is 0 Å². The molecule has 0 bridgehead atoms. The highest BCUT2D eigenvalue weighted by atomic mass is 79.9. The summed E-state index contributed by atoms with van der Waals surface area (Å²) in [7, 11) is -3.23. The third-order valence-electron chi connectivity index (χ3n) is 9.89. The van der Waals surface area contributed by atoms with Crippen LogP contribution in [0.1, 0.15) is 48.5 Å². The van der Waals surface area contributed by atoms with Gasteiger partial charge in [0.1, 0.15) is 30.2 Å². The van der Waals surface area contributed by atoms with Crippen LogP contribution in [0.3, 0.4) is 0 Å². The maximum Gasteiger partial charge on any atom is 0.460 e. The summed E-state index contributed by atoms with van der Waals surface area (Å²) < 4.78 is 266. The quantitative estimate of drug-likeness (QED) is 0.0468. The van der Waals surface area contributed by atoms with Gasteiger partial charge in [0.2, 0.25) is 0 Å². The largest absolute Gasteiger partial charge is 0.463 e. The molecule has 0 aromatic heterocycles. The topological polar surface area (TPSA) is 136 Å². The van der Waals surface area contributed by atoms with Crippen molar-refractivity contribution in [2.45, 2.75) is 150 Å². The lowest BCUT2D eigenvalue weighted by molar-refractivity contribution is -0.461. The number of carbonyl (C=O) groups excluding carboxylic acids is 4. The molecular formula is C31H39BrF17NO10Si. The Morgan fingerprint density at radius 1 is 0.656 bits per heavy atom. The second-order valence-electron chi connectivity index (χ2n) is 14.8. The van der Waals surface area contributed by atoms with Crippen molar-refractivity contribution in [1.29, 1.82) is 0 Å². The van der Waals surface area contributed by atoms with E-state index in [9.17, 15) is 93.8 Å². The molecule has 1 fully saturated rings. The zero-order valence-electron chi connectivity index (χ0n) is 32.8. The number of hydrogen-bond donors (Lipinski definition) is 1. The molecule has 1 aliphatic heterocycles. The second-order valence-corrected chi connectivity index (χ2v) is 20.5. The van der Waals surface area contributed by atoms with Crippen molar-refractivity contribution in [3.63, 3.8) is 0 Å². The fraction of sp³-hybridized carbons (Fsp3) is 0.871. The number of alkyl halides is 18. The molecule has 1 heterocycles. The van der Waals surface area contributed by atoms with E-state index in [2.05, 4.69) is 4.74 Å². The summed E-state index contributed by atoms with van der Waals surface area (Å²) in [4.78, 5) is 45.0. The van der Waals surface area contributed by atoms with Crippen LogP contribution in [0.15, 0.2) is 0 Å². The minimum atomic E-state index is -8.84. The van der Waals surface area contributed by atoms with Gasteiger partial charge < -0.3 is 33.4 Å². The molecule has 0 radical (unpaired) electrons. The first-order valence-corrected chi connectivity index (χ1v) is 20.8. The van der Waals surface area contributed by atoms with Gasteiger partial charge in [0.05, 0.1) is 0 Å². The fourth-order valence-electron chi connectivity index (χ4n) is 5.10. The number of alkyl carbamates (subject to hydrolysis) is 1. The van der Waals surface area contributed by atoms with Crippen LogP contribution >= 0.6 is 15.9 Å². The highest BCUT2D eigenvalue weighted by Gasteiger charge is 2.95. The first-order valence-electron chi connectivity index (χ1n) is 16.9. The van der Waals surface area contributed by atoms with Crippen molar-refractivity contribution < 1.29 is 122 Å². The third-order valence-corrected chi connectivity index (χ3v) is 15.2. The first kappa shape index (κ1) is 56.1. The molecule has 0 aromatic carbocycles. The van der Waals surface area contributed by atoms with Gasteiger partial charge in [-0.1, -0.05) is 43.6 Å². The minimum Gasteiger partial charge on any atom is -0.463 e. The molecule has 0 aliphatic carbocycles. The number of amides is 1. The Bertz CT molecular complexity index is 1600. The summed E-state index contributed by atoms with van der Waals surface area (Å²) in [5, 5.41) is 1.12. The van der Waals surface area contributed by atoms with Gasteiger partial charge in [-0.3, -0.25) is 14.4 Å². The van der Waals surface area contributed by atoms with Crippen molar-refractivity contribution in [3.8, 4) is 0 Å². The van der Waals surface area contributed by atoms with Gasteiger partial charge >= 0.3 is 71.6 Å². The summed E-state index contributed by atoms with van der Waals surface area (Å²) in [6.45, 7) is 9.63. The van der Waals surface area contributed by atoms with E-state index >= 15 is 0 Å². The fourth-order valence-corrected chi connectivity index (χ4v) is 7.99. The molecule has 358 valence electrons. The summed E-state index contributed by atoms with van der Waals surface area (Å²) in [5.41, 5.74) is 0. The van der Waals surface area contributed by atoms with E-state index in [0.29, 0.717) is 0 Å². The van der Waals surface area contributed by atoms with Crippen LogP contribution < -0.4 is 5.32 Å². The molecule has 1 aliphatic rings. The van der Waals surface area contributed by atoms with Crippen LogP contribution in [0.2, 0.25) is 18.1 Å². The summed E-state index contributed by atoms with van der Waals surface area (Å²) >= 11 is 1.57. The van der Waals surface area contributed by atoms with Gasteiger partial charge in [-0.2, -0.15) is 74.6 Å². The van der Waals surface area contributed by atoms with Crippen molar-refractivity contribution in [2.75, 3.05) is 13.2 Å². The molecule has 1 unspecified atom stereocenters. The molecule has 1 amide bonds. The maximum absolute atomic E-state index is 14.9. The van der Waals surface area contributed by atoms with Gasteiger partial charge in [0, 0.05) is 20.8 Å². The van der Waals surface area contributed by atoms with Gasteiger partial charge in [-0.05, 0) is 24.1 Å². The molecule has 0 saturated carbocycles. The molecule has 1 saturated heterocycles. The number of rotatable bonds is 18. The zero-order chi connectivity index (χ0) is 48.7. The molecular weight excluding hydrogens is 977 g/mol. The predicted octanol–water partition coefficient (Wildman–Crippen LogP) is 8.66. The van der Waals surface area contributed by atoms with Crippen LogP contribution in [0, 0.1) is 5.92 Å². The van der Waals surface area contributed by atoms with E-state index in [0.717, 1.165) is 20.8 Å². The van der Waals surface area contributed by atoms with E-state index in [-0.39, 0.29) is 5.92 Å². The Balaban J connectivity index is 3.70. The van der Waals surface area contributed by atoms with Crippen molar-refractivity contribution in [1.82, 2.24) is 5.32 Å². The van der Waals surface area contributed by atoms with Crippen molar-refractivity contribution in [2.24, 2.45) is 5.92 Å². The van der Waals surface area contributed by atoms with Gasteiger partial charge in [0.15, 0.2) is 26.8 Å². The monoisotopic (exact) mass is 1020 g/mol. The number of nitrogens with one attached hydrogen (secondary N) is 1. The van der Waals surface area contributed by atoms with Crippen molar-refractivity contribution >= 4 is 48.2 Å². The highest BCUT2D eigenvalue weighted by molar-refractivity contribution is 9.09. The van der Waals surface area contributed by atoms with E-state index in [1.54, 1.807) is 56.7 Å². The highest BCUT2D eigenvalue weighted by Crippen LogP contribution is 2.64. The zero-order valence-corrected chi connectivity index (χ0v) is 35.4. The number of halogens is 18. The van der Waals surface area contributed by atoms with Crippen LogP contribution in [-0.2, 0) is 42.5 Å². The Kier molecular flexibility index (Phi) is 16.8. The van der Waals surface area contributed by atoms with Crippen LogP contribution in [0.25, 0.3) is 0 Å². The van der Waals surface area contributed by atoms with E-state index < -0.39 is 134 Å². The lowest BCUT2D eigenvalue weighted by Gasteiger charge is -2.50. The van der Waals surface area contributed by atoms with Crippen LogP contribution in [-0.4, -0.2) is 129 Å². The molecule has 1 N–H and O–H groups in total. The lowest BCUT2D eigenvalue weighted by Crippen LogP contribution is -2.75. The average molecular weight is 1020 g/mol. The molecule has 0 aromatic rings. The Morgan fingerprint density at radius 2 is 1.07 bits per heavy atom. The molecule has 30 heteroatoms. The molecule has 61 heavy (non-hydrogen) atoms. The van der Waals surface area contributed by atoms with E-state index in [4.69, 9.17) is 23.4 Å². The van der Waals surface area contributed by atoms with Gasteiger partial charge in [-0.15, -0.1) is 0 Å². The number of esters is 3. The second kappa shape index (κ2) is 18.3. The molecule has 11 nitrogen and oxygen atoms in total. The Hall–Kier alpha value is -2.89. The number of carbonyl (C=O) groups is 4. The van der Waals surface area contributed by atoms with Crippen LogP contribution in [0.5, 0.6) is 0 Å². The smallest absolute Gasteiger partial charge is 0.460 e. The summed E-state index contributed by atoms with van der Waals surface area (Å²) in [6.07, 6.45) is -17.4. The van der Waals surface area contributed by atoms with Crippen LogP contribution in [0.4, 0.5) is 79.4 Å². The molecule has 1 rings (SSSR count).